The van der Waals surface area contributed by atoms with Crippen molar-refractivity contribution in [3.8, 4) is 0 Å². The average molecular weight is 519 g/mol. The van der Waals surface area contributed by atoms with Gasteiger partial charge in [-0.05, 0) is 44.9 Å². The van der Waals surface area contributed by atoms with E-state index in [-0.39, 0.29) is 25.6 Å². The summed E-state index contributed by atoms with van der Waals surface area (Å²) in [6, 6.07) is 0. The molecule has 6 nitrogen and oxygen atoms in total. The molecule has 0 saturated heterocycles. The molecule has 0 amide bonds. The molecule has 0 aliphatic carbocycles. The fraction of sp³-hybridized carbons (Fsp3) is 0.613. The molecule has 0 radical (unpaired) electrons. The van der Waals surface area contributed by atoms with Crippen LogP contribution in [-0.2, 0) is 19.1 Å². The fourth-order valence-electron chi connectivity index (χ4n) is 3.25. The van der Waals surface area contributed by atoms with E-state index in [0.29, 0.717) is 19.3 Å². The monoisotopic (exact) mass is 518 g/mol. The molecular formula is C31H50O6. The van der Waals surface area contributed by atoms with E-state index < -0.39 is 18.2 Å². The molecule has 0 aromatic carbocycles. The fourth-order valence-corrected chi connectivity index (χ4v) is 3.25. The number of rotatable bonds is 23. The van der Waals surface area contributed by atoms with Crippen molar-refractivity contribution in [2.24, 2.45) is 0 Å². The summed E-state index contributed by atoms with van der Waals surface area (Å²) >= 11 is 0. The molecule has 0 bridgehead atoms. The SMILES string of the molecule is CC/C=C\C(O)C/C=C/C=C\C/C=C\C/C=C\CCCC(=O)O[C@@H](CO)COC(=O)CCCCCCC. The Morgan fingerprint density at radius 3 is 2.19 bits per heavy atom. The van der Waals surface area contributed by atoms with Crippen molar-refractivity contribution >= 4 is 11.9 Å². The van der Waals surface area contributed by atoms with E-state index in [1.165, 1.54) is 6.42 Å². The first-order chi connectivity index (χ1) is 18.0. The molecule has 0 aliphatic rings. The van der Waals surface area contributed by atoms with Crippen LogP contribution in [0.4, 0.5) is 0 Å². The van der Waals surface area contributed by atoms with Crippen LogP contribution in [0.5, 0.6) is 0 Å². The van der Waals surface area contributed by atoms with Crippen LogP contribution < -0.4 is 0 Å². The number of allylic oxidation sites excluding steroid dienone is 8. The lowest BCUT2D eigenvalue weighted by molar-refractivity contribution is -0.161. The van der Waals surface area contributed by atoms with Gasteiger partial charge in [0.15, 0.2) is 6.10 Å². The number of hydrogen-bond donors (Lipinski definition) is 2. The number of aliphatic hydroxyl groups excluding tert-OH is 2. The number of aliphatic hydroxyl groups is 2. The smallest absolute Gasteiger partial charge is 0.306 e. The molecule has 0 spiro atoms. The standard InChI is InChI=1S/C31H50O6/c1-3-5-7-16-20-24-30(34)36-27-29(26-32)37-31(35)25-21-18-15-13-11-9-8-10-12-14-17-19-23-28(33)22-6-4-2/h6,8-9,12-15,17,19,22,28-29,32-33H,3-5,7,10-11,16,18,20-21,23-27H2,1-2H3/b9-8-,14-12-,15-13-,19-17+,22-6-/t28?,29-/m0/s1. The summed E-state index contributed by atoms with van der Waals surface area (Å²) in [6.07, 6.45) is 29.3. The second kappa shape index (κ2) is 26.6. The van der Waals surface area contributed by atoms with Crippen LogP contribution in [0.15, 0.2) is 60.8 Å². The van der Waals surface area contributed by atoms with Gasteiger partial charge in [0.05, 0.1) is 12.7 Å². The largest absolute Gasteiger partial charge is 0.462 e. The normalized spacial score (nSPS) is 13.9. The molecule has 210 valence electrons. The van der Waals surface area contributed by atoms with Gasteiger partial charge in [-0.2, -0.15) is 0 Å². The summed E-state index contributed by atoms with van der Waals surface area (Å²) in [5, 5.41) is 19.1. The van der Waals surface area contributed by atoms with E-state index in [0.717, 1.165) is 51.4 Å². The summed E-state index contributed by atoms with van der Waals surface area (Å²) < 4.78 is 10.3. The first-order valence-corrected chi connectivity index (χ1v) is 14.0. The molecule has 0 aromatic rings. The predicted molar refractivity (Wildman–Crippen MR) is 151 cm³/mol. The van der Waals surface area contributed by atoms with Crippen molar-refractivity contribution in [2.45, 2.75) is 110 Å². The van der Waals surface area contributed by atoms with Crippen LogP contribution in [-0.4, -0.2) is 47.6 Å². The third kappa shape index (κ3) is 25.0. The van der Waals surface area contributed by atoms with Gasteiger partial charge in [-0.1, -0.05) is 100 Å². The third-order valence-electron chi connectivity index (χ3n) is 5.40. The second-order valence-electron chi connectivity index (χ2n) is 8.94. The van der Waals surface area contributed by atoms with Gasteiger partial charge in [0.1, 0.15) is 6.61 Å². The quantitative estimate of drug-likeness (QED) is 0.0678. The van der Waals surface area contributed by atoms with Crippen molar-refractivity contribution in [3.05, 3.63) is 60.8 Å². The van der Waals surface area contributed by atoms with Crippen LogP contribution in [0.2, 0.25) is 0 Å². The minimum atomic E-state index is -0.809. The Kier molecular flexibility index (Phi) is 24.9. The van der Waals surface area contributed by atoms with Crippen molar-refractivity contribution in [2.75, 3.05) is 13.2 Å². The number of esters is 2. The van der Waals surface area contributed by atoms with Gasteiger partial charge >= 0.3 is 11.9 Å². The van der Waals surface area contributed by atoms with Gasteiger partial charge in [-0.3, -0.25) is 9.59 Å². The Morgan fingerprint density at radius 2 is 1.46 bits per heavy atom. The van der Waals surface area contributed by atoms with E-state index in [2.05, 4.69) is 31.2 Å². The Balaban J connectivity index is 3.83. The zero-order valence-corrected chi connectivity index (χ0v) is 23.1. The lowest BCUT2D eigenvalue weighted by Crippen LogP contribution is -2.28. The zero-order chi connectivity index (χ0) is 27.4. The molecule has 0 heterocycles. The van der Waals surface area contributed by atoms with Gasteiger partial charge < -0.3 is 19.7 Å². The number of carbonyl (C=O) groups is 2. The lowest BCUT2D eigenvalue weighted by atomic mass is 10.1. The third-order valence-corrected chi connectivity index (χ3v) is 5.40. The molecule has 37 heavy (non-hydrogen) atoms. The van der Waals surface area contributed by atoms with Gasteiger partial charge in [-0.15, -0.1) is 0 Å². The molecule has 6 heteroatoms. The maximum absolute atomic E-state index is 12.0. The Bertz CT molecular complexity index is 704. The average Bonchev–Trinajstić information content (AvgIpc) is 2.89. The highest BCUT2D eigenvalue weighted by Gasteiger charge is 2.15. The predicted octanol–water partition coefficient (Wildman–Crippen LogP) is 6.69. The number of hydrogen-bond acceptors (Lipinski definition) is 6. The van der Waals surface area contributed by atoms with Crippen LogP contribution in [0.25, 0.3) is 0 Å². The summed E-state index contributed by atoms with van der Waals surface area (Å²) in [5.74, 6) is -0.708. The van der Waals surface area contributed by atoms with Crippen LogP contribution in [0.1, 0.15) is 97.3 Å². The molecule has 2 atom stereocenters. The maximum Gasteiger partial charge on any atom is 0.306 e. The maximum atomic E-state index is 12.0. The first-order valence-electron chi connectivity index (χ1n) is 14.0. The molecule has 1 unspecified atom stereocenters. The molecule has 0 aromatic heterocycles. The molecule has 0 aliphatic heterocycles. The van der Waals surface area contributed by atoms with Crippen molar-refractivity contribution < 1.29 is 29.3 Å². The van der Waals surface area contributed by atoms with Crippen LogP contribution in [0, 0.1) is 0 Å². The van der Waals surface area contributed by atoms with E-state index in [4.69, 9.17) is 9.47 Å². The molecular weight excluding hydrogens is 468 g/mol. The minimum Gasteiger partial charge on any atom is -0.462 e. The second-order valence-corrected chi connectivity index (χ2v) is 8.94. The molecule has 0 rings (SSSR count). The zero-order valence-electron chi connectivity index (χ0n) is 23.1. The Morgan fingerprint density at radius 1 is 0.784 bits per heavy atom. The van der Waals surface area contributed by atoms with E-state index in [1.54, 1.807) is 0 Å². The summed E-state index contributed by atoms with van der Waals surface area (Å²) in [7, 11) is 0. The van der Waals surface area contributed by atoms with Crippen molar-refractivity contribution in [3.63, 3.8) is 0 Å². The van der Waals surface area contributed by atoms with Crippen molar-refractivity contribution in [1.82, 2.24) is 0 Å². The topological polar surface area (TPSA) is 93.1 Å². The number of unbranched alkanes of at least 4 members (excludes halogenated alkanes) is 5. The van der Waals surface area contributed by atoms with E-state index in [9.17, 15) is 19.8 Å². The van der Waals surface area contributed by atoms with Gasteiger partial charge in [0, 0.05) is 12.8 Å². The van der Waals surface area contributed by atoms with Crippen LogP contribution >= 0.6 is 0 Å². The summed E-state index contributed by atoms with van der Waals surface area (Å²) in [4.78, 5) is 23.7. The Labute approximate surface area is 224 Å². The van der Waals surface area contributed by atoms with Crippen molar-refractivity contribution in [1.29, 1.82) is 0 Å². The van der Waals surface area contributed by atoms with E-state index in [1.807, 2.05) is 43.4 Å². The number of carbonyl (C=O) groups excluding carboxylic acids is 2. The summed E-state index contributed by atoms with van der Waals surface area (Å²) in [6.45, 7) is 3.71. The van der Waals surface area contributed by atoms with Gasteiger partial charge in [-0.25, -0.2) is 0 Å². The molecule has 0 saturated carbocycles. The first kappa shape index (κ1) is 34.6. The highest BCUT2D eigenvalue weighted by molar-refractivity contribution is 5.70. The van der Waals surface area contributed by atoms with Gasteiger partial charge in [0.2, 0.25) is 0 Å². The van der Waals surface area contributed by atoms with E-state index >= 15 is 0 Å². The highest BCUT2D eigenvalue weighted by Crippen LogP contribution is 2.07. The van der Waals surface area contributed by atoms with Gasteiger partial charge in [0.25, 0.3) is 0 Å². The lowest BCUT2D eigenvalue weighted by Gasteiger charge is -2.15. The minimum absolute atomic E-state index is 0.104. The molecule has 0 fully saturated rings. The number of ether oxygens (including phenoxy) is 2. The highest BCUT2D eigenvalue weighted by atomic mass is 16.6. The van der Waals surface area contributed by atoms with Crippen LogP contribution in [0.3, 0.4) is 0 Å². The molecule has 2 N–H and O–H groups in total. The Hall–Kier alpha value is -2.44. The summed E-state index contributed by atoms with van der Waals surface area (Å²) in [5.41, 5.74) is 0.